The Bertz CT molecular complexity index is 830. The first-order valence-electron chi connectivity index (χ1n) is 18.9. The van der Waals surface area contributed by atoms with Gasteiger partial charge in [0.25, 0.3) is 7.82 Å². The molecular formula is C37H72NO8P. The first-order chi connectivity index (χ1) is 22.5. The molecule has 0 amide bonds. The molecule has 0 aromatic carbocycles. The fourth-order valence-electron chi connectivity index (χ4n) is 4.99. The molecule has 0 fully saturated rings. The number of allylic oxidation sites excluding steroid dienone is 2. The monoisotopic (exact) mass is 689 g/mol. The number of carbonyl (C=O) groups is 2. The van der Waals surface area contributed by atoms with Crippen LogP contribution < -0.4 is 4.89 Å². The van der Waals surface area contributed by atoms with E-state index in [4.69, 9.17) is 18.5 Å². The van der Waals surface area contributed by atoms with Crippen molar-refractivity contribution < 1.29 is 42.1 Å². The molecule has 0 rings (SSSR count). The second kappa shape index (κ2) is 30.8. The third kappa shape index (κ3) is 34.4. The second-order valence-corrected chi connectivity index (χ2v) is 15.4. The molecule has 1 unspecified atom stereocenters. The maximum Gasteiger partial charge on any atom is 0.306 e. The van der Waals surface area contributed by atoms with Crippen LogP contribution in [0.5, 0.6) is 0 Å². The number of ether oxygens (including phenoxy) is 2. The lowest BCUT2D eigenvalue weighted by Gasteiger charge is -2.28. The van der Waals surface area contributed by atoms with Crippen molar-refractivity contribution in [2.24, 2.45) is 0 Å². The van der Waals surface area contributed by atoms with Gasteiger partial charge in [0.05, 0.1) is 27.7 Å². The van der Waals surface area contributed by atoms with Gasteiger partial charge in [-0.15, -0.1) is 0 Å². The van der Waals surface area contributed by atoms with Gasteiger partial charge in [-0.2, -0.15) is 0 Å². The molecule has 0 spiro atoms. The minimum atomic E-state index is -4.61. The van der Waals surface area contributed by atoms with E-state index in [1.54, 1.807) is 0 Å². The van der Waals surface area contributed by atoms with Crippen LogP contribution in [-0.4, -0.2) is 70.0 Å². The maximum absolute atomic E-state index is 12.6. The molecule has 0 aromatic rings. The van der Waals surface area contributed by atoms with Crippen molar-refractivity contribution in [3.63, 3.8) is 0 Å². The van der Waals surface area contributed by atoms with Crippen LogP contribution >= 0.6 is 7.82 Å². The van der Waals surface area contributed by atoms with Crippen LogP contribution in [0, 0.1) is 0 Å². The fraction of sp³-hybridized carbons (Fsp3) is 0.892. The molecule has 10 heteroatoms. The molecule has 0 N–H and O–H groups in total. The minimum Gasteiger partial charge on any atom is -0.756 e. The van der Waals surface area contributed by atoms with Crippen LogP contribution in [0.1, 0.15) is 162 Å². The minimum absolute atomic E-state index is 0.0294. The van der Waals surface area contributed by atoms with Crippen molar-refractivity contribution in [2.45, 2.75) is 168 Å². The Labute approximate surface area is 288 Å². The normalized spacial score (nSPS) is 13.9. The number of quaternary nitrogens is 1. The summed E-state index contributed by atoms with van der Waals surface area (Å²) in [4.78, 5) is 37.2. The molecule has 0 aromatic heterocycles. The van der Waals surface area contributed by atoms with E-state index in [-0.39, 0.29) is 26.1 Å². The van der Waals surface area contributed by atoms with Crippen molar-refractivity contribution in [3.05, 3.63) is 12.2 Å². The van der Waals surface area contributed by atoms with Crippen molar-refractivity contribution in [1.29, 1.82) is 0 Å². The first kappa shape index (κ1) is 45.8. The van der Waals surface area contributed by atoms with Gasteiger partial charge >= 0.3 is 11.9 Å². The van der Waals surface area contributed by atoms with Gasteiger partial charge in [-0.3, -0.25) is 14.2 Å². The molecule has 0 aliphatic rings. The van der Waals surface area contributed by atoms with Crippen LogP contribution in [0.2, 0.25) is 0 Å². The van der Waals surface area contributed by atoms with Crippen molar-refractivity contribution in [3.8, 4) is 0 Å². The maximum atomic E-state index is 12.6. The molecule has 0 saturated heterocycles. The summed E-state index contributed by atoms with van der Waals surface area (Å²) in [5, 5.41) is 0. The predicted octanol–water partition coefficient (Wildman–Crippen LogP) is 9.22. The Balaban J connectivity index is 4.45. The summed E-state index contributed by atoms with van der Waals surface area (Å²) in [6.45, 7) is 4.16. The fourth-order valence-corrected chi connectivity index (χ4v) is 5.72. The van der Waals surface area contributed by atoms with Gasteiger partial charge in [-0.05, 0) is 32.1 Å². The Morgan fingerprint density at radius 2 is 1.11 bits per heavy atom. The van der Waals surface area contributed by atoms with Crippen LogP contribution in [0.25, 0.3) is 0 Å². The molecule has 0 bridgehead atoms. The number of phosphoric acid groups is 1. The van der Waals surface area contributed by atoms with Gasteiger partial charge in [-0.1, -0.05) is 129 Å². The third-order valence-corrected chi connectivity index (χ3v) is 9.00. The van der Waals surface area contributed by atoms with E-state index in [1.807, 2.05) is 21.1 Å². The summed E-state index contributed by atoms with van der Waals surface area (Å²) in [6.07, 6.45) is 28.1. The lowest BCUT2D eigenvalue weighted by atomic mass is 10.0. The number of hydrogen-bond donors (Lipinski definition) is 0. The number of esters is 2. The molecule has 0 saturated carbocycles. The number of phosphoric ester groups is 1. The summed E-state index contributed by atoms with van der Waals surface area (Å²) < 4.78 is 33.7. The zero-order valence-corrected chi connectivity index (χ0v) is 31.9. The van der Waals surface area contributed by atoms with Gasteiger partial charge in [0.1, 0.15) is 19.8 Å². The van der Waals surface area contributed by atoms with Gasteiger partial charge in [-0.25, -0.2) is 0 Å². The summed E-state index contributed by atoms with van der Waals surface area (Å²) in [7, 11) is 1.16. The summed E-state index contributed by atoms with van der Waals surface area (Å²) in [5.74, 6) is -0.844. The summed E-state index contributed by atoms with van der Waals surface area (Å²) in [5.41, 5.74) is 0. The summed E-state index contributed by atoms with van der Waals surface area (Å²) >= 11 is 0. The van der Waals surface area contributed by atoms with Crippen molar-refractivity contribution in [1.82, 2.24) is 0 Å². The van der Waals surface area contributed by atoms with Gasteiger partial charge in [0, 0.05) is 12.8 Å². The number of rotatable bonds is 34. The van der Waals surface area contributed by atoms with Gasteiger partial charge in [0.2, 0.25) is 0 Å². The van der Waals surface area contributed by atoms with E-state index < -0.39 is 32.5 Å². The number of hydrogen-bond acceptors (Lipinski definition) is 8. The van der Waals surface area contributed by atoms with Crippen LogP contribution in [0.15, 0.2) is 12.2 Å². The summed E-state index contributed by atoms with van der Waals surface area (Å²) in [6, 6.07) is 0. The Hall–Kier alpha value is -1.25. The van der Waals surface area contributed by atoms with Crippen LogP contribution in [-0.2, 0) is 32.7 Å². The molecule has 0 aliphatic heterocycles. The molecule has 9 nitrogen and oxygen atoms in total. The van der Waals surface area contributed by atoms with Crippen LogP contribution in [0.4, 0.5) is 0 Å². The third-order valence-electron chi connectivity index (χ3n) is 8.04. The van der Waals surface area contributed by atoms with Crippen molar-refractivity contribution in [2.75, 3.05) is 47.5 Å². The molecule has 47 heavy (non-hydrogen) atoms. The molecule has 278 valence electrons. The van der Waals surface area contributed by atoms with E-state index in [2.05, 4.69) is 26.0 Å². The Morgan fingerprint density at radius 3 is 1.64 bits per heavy atom. The van der Waals surface area contributed by atoms with E-state index >= 15 is 0 Å². The Morgan fingerprint density at radius 1 is 0.638 bits per heavy atom. The topological polar surface area (TPSA) is 111 Å². The number of nitrogens with zero attached hydrogens (tertiary/aromatic N) is 1. The zero-order valence-electron chi connectivity index (χ0n) is 31.0. The molecule has 0 radical (unpaired) electrons. The lowest BCUT2D eigenvalue weighted by molar-refractivity contribution is -0.870. The van der Waals surface area contributed by atoms with E-state index in [1.165, 1.54) is 70.6 Å². The highest BCUT2D eigenvalue weighted by Gasteiger charge is 2.21. The van der Waals surface area contributed by atoms with E-state index in [9.17, 15) is 19.0 Å². The standard InChI is InChI=1S/C37H72NO8P/c1-6-8-10-12-14-16-18-20-22-24-26-28-30-37(40)46-35(34-45-47(41,42)44-32-31-38(3,4)5)33-43-36(39)29-27-25-23-21-19-17-15-13-11-9-7-2/h13,15,35H,6-12,14,16-34H2,1-5H3/b15-13+/t35-/m1/s1. The Kier molecular flexibility index (Phi) is 30.0. The highest BCUT2D eigenvalue weighted by Crippen LogP contribution is 2.38. The number of likely N-dealkylation sites (N-methyl/N-ethyl adjacent to an activating group) is 1. The van der Waals surface area contributed by atoms with Crippen LogP contribution in [0.3, 0.4) is 0 Å². The average Bonchev–Trinajstić information content (AvgIpc) is 3.01. The van der Waals surface area contributed by atoms with E-state index in [0.717, 1.165) is 57.8 Å². The smallest absolute Gasteiger partial charge is 0.306 e. The second-order valence-electron chi connectivity index (χ2n) is 13.9. The number of carbonyl (C=O) groups excluding carboxylic acids is 2. The average molecular weight is 690 g/mol. The number of unbranched alkanes of at least 4 members (excludes halogenated alkanes) is 18. The molecular weight excluding hydrogens is 617 g/mol. The first-order valence-corrected chi connectivity index (χ1v) is 20.4. The van der Waals surface area contributed by atoms with Crippen molar-refractivity contribution >= 4 is 19.8 Å². The van der Waals surface area contributed by atoms with E-state index in [0.29, 0.717) is 17.4 Å². The largest absolute Gasteiger partial charge is 0.756 e. The highest BCUT2D eigenvalue weighted by atomic mass is 31.2. The molecule has 0 heterocycles. The predicted molar refractivity (Wildman–Crippen MR) is 190 cm³/mol. The molecule has 2 atom stereocenters. The van der Waals surface area contributed by atoms with Gasteiger partial charge < -0.3 is 27.9 Å². The lowest BCUT2D eigenvalue weighted by Crippen LogP contribution is -2.37. The highest BCUT2D eigenvalue weighted by molar-refractivity contribution is 7.45. The zero-order chi connectivity index (χ0) is 35.1. The SMILES string of the molecule is CCCC/C=C/CCCCCCCC(=O)OC[C@H](COP(=O)([O-])OCC[N+](C)(C)C)OC(=O)CCCCCCCCCCCCCC. The molecule has 0 aliphatic carbocycles. The quantitative estimate of drug-likeness (QED) is 0.0216. The van der Waals surface area contributed by atoms with Gasteiger partial charge in [0.15, 0.2) is 6.10 Å².